The van der Waals surface area contributed by atoms with Crippen LogP contribution in [-0.2, 0) is 10.0 Å². The third-order valence-corrected chi connectivity index (χ3v) is 5.12. The Balaban J connectivity index is 3.36. The Labute approximate surface area is 128 Å². The van der Waals surface area contributed by atoms with E-state index in [1.807, 2.05) is 0 Å². The minimum Gasteiger partial charge on any atom is -0.398 e. The van der Waals surface area contributed by atoms with Crippen LogP contribution in [0.2, 0.25) is 0 Å². The number of nitrogen functional groups attached to an aromatic ring is 1. The molecule has 0 bridgehead atoms. The third-order valence-electron chi connectivity index (χ3n) is 2.69. The summed E-state index contributed by atoms with van der Waals surface area (Å²) in [6, 6.07) is 2.64. The Morgan fingerprint density at radius 1 is 1.38 bits per heavy atom. The number of nitrogens with zero attached hydrogens (tertiary/aromatic N) is 1. The predicted octanol–water partition coefficient (Wildman–Crippen LogP) is 1.89. The van der Waals surface area contributed by atoms with Crippen molar-refractivity contribution in [1.82, 2.24) is 4.31 Å². The highest BCUT2D eigenvalue weighted by Crippen LogP contribution is 2.30. The van der Waals surface area contributed by atoms with Gasteiger partial charge in [-0.05, 0) is 24.6 Å². The lowest BCUT2D eigenvalue weighted by Gasteiger charge is -2.24. The van der Waals surface area contributed by atoms with Gasteiger partial charge in [0.25, 0.3) is 0 Å². The average molecular weight is 391 g/mol. The number of aliphatic hydroxyl groups excluding tert-OH is 1. The average Bonchev–Trinajstić information content (AvgIpc) is 2.31. The predicted molar refractivity (Wildman–Crippen MR) is 75.2 cm³/mol. The molecule has 0 aliphatic rings. The van der Waals surface area contributed by atoms with Crippen molar-refractivity contribution in [2.24, 2.45) is 0 Å². The normalized spacial score (nSPS) is 12.9. The van der Waals surface area contributed by atoms with Crippen LogP contribution in [0.3, 0.4) is 0 Å². The first-order valence-corrected chi connectivity index (χ1v) is 7.95. The van der Waals surface area contributed by atoms with Crippen molar-refractivity contribution in [2.45, 2.75) is 18.0 Å². The van der Waals surface area contributed by atoms with Crippen molar-refractivity contribution in [3.63, 3.8) is 0 Å². The maximum Gasteiger partial charge on any atom is 0.402 e. The van der Waals surface area contributed by atoms with Crippen LogP contribution < -0.4 is 5.73 Å². The van der Waals surface area contributed by atoms with Crippen LogP contribution in [0.15, 0.2) is 21.5 Å². The van der Waals surface area contributed by atoms with Gasteiger partial charge in [-0.2, -0.15) is 17.5 Å². The van der Waals surface area contributed by atoms with Gasteiger partial charge in [0.2, 0.25) is 10.0 Å². The largest absolute Gasteiger partial charge is 0.402 e. The topological polar surface area (TPSA) is 83.6 Å². The molecular formula is C11H14BrF3N2O3S. The molecule has 0 unspecified atom stereocenters. The summed E-state index contributed by atoms with van der Waals surface area (Å²) in [4.78, 5) is -0.327. The second-order valence-electron chi connectivity index (χ2n) is 4.30. The zero-order valence-electron chi connectivity index (χ0n) is 11.0. The number of hydrogen-bond acceptors (Lipinski definition) is 4. The fraction of sp³-hybridized carbons (Fsp3) is 0.455. The molecule has 0 heterocycles. The number of aliphatic hydroxyl groups is 1. The van der Waals surface area contributed by atoms with Gasteiger partial charge in [0, 0.05) is 16.7 Å². The van der Waals surface area contributed by atoms with Crippen LogP contribution in [-0.4, -0.2) is 43.7 Å². The van der Waals surface area contributed by atoms with Gasteiger partial charge in [0.1, 0.15) is 6.54 Å². The molecule has 1 aromatic carbocycles. The van der Waals surface area contributed by atoms with Crippen LogP contribution in [0.25, 0.3) is 0 Å². The van der Waals surface area contributed by atoms with Crippen molar-refractivity contribution >= 4 is 31.6 Å². The molecule has 10 heteroatoms. The standard InChI is InChI=1S/C11H14BrF3N2O3S/c1-7-9(16)4-8(12)5-10(7)21(19,20)17(2-3-18)6-11(13,14)15/h4-5,18H,2-3,6,16H2,1H3. The maximum atomic E-state index is 12.5. The van der Waals surface area contributed by atoms with E-state index in [9.17, 15) is 21.6 Å². The molecule has 1 aromatic rings. The van der Waals surface area contributed by atoms with Crippen molar-refractivity contribution < 1.29 is 26.7 Å². The van der Waals surface area contributed by atoms with Crippen molar-refractivity contribution in [2.75, 3.05) is 25.4 Å². The number of halogens is 4. The number of sulfonamides is 1. The number of hydrogen-bond donors (Lipinski definition) is 2. The minimum absolute atomic E-state index is 0.138. The van der Waals surface area contributed by atoms with E-state index < -0.39 is 35.9 Å². The van der Waals surface area contributed by atoms with E-state index in [-0.39, 0.29) is 20.5 Å². The number of rotatable bonds is 5. The summed E-state index contributed by atoms with van der Waals surface area (Å²) in [6.07, 6.45) is -4.71. The van der Waals surface area contributed by atoms with Crippen LogP contribution in [0.4, 0.5) is 18.9 Å². The molecule has 0 fully saturated rings. The lowest BCUT2D eigenvalue weighted by molar-refractivity contribution is -0.136. The van der Waals surface area contributed by atoms with Gasteiger partial charge in [0.05, 0.1) is 11.5 Å². The summed E-state index contributed by atoms with van der Waals surface area (Å²) in [7, 11) is -4.43. The van der Waals surface area contributed by atoms with Gasteiger partial charge in [-0.1, -0.05) is 15.9 Å². The van der Waals surface area contributed by atoms with Gasteiger partial charge in [-0.25, -0.2) is 8.42 Å². The molecule has 120 valence electrons. The van der Waals surface area contributed by atoms with Gasteiger partial charge in [-0.3, -0.25) is 0 Å². The molecule has 3 N–H and O–H groups in total. The van der Waals surface area contributed by atoms with Crippen molar-refractivity contribution in [3.05, 3.63) is 22.2 Å². The molecule has 1 rings (SSSR count). The van der Waals surface area contributed by atoms with E-state index in [0.717, 1.165) is 0 Å². The van der Waals surface area contributed by atoms with Crippen LogP contribution in [0, 0.1) is 6.92 Å². The van der Waals surface area contributed by atoms with Gasteiger partial charge >= 0.3 is 6.18 Å². The molecule has 0 aromatic heterocycles. The number of nitrogens with two attached hydrogens (primary N) is 1. The first-order chi connectivity index (χ1) is 9.49. The summed E-state index contributed by atoms with van der Waals surface area (Å²) in [6.45, 7) is -1.66. The molecule has 21 heavy (non-hydrogen) atoms. The SMILES string of the molecule is Cc1c(N)cc(Br)cc1S(=O)(=O)N(CCO)CC(F)(F)F. The second-order valence-corrected chi connectivity index (χ2v) is 7.12. The summed E-state index contributed by atoms with van der Waals surface area (Å²) in [5.74, 6) is 0. The van der Waals surface area contributed by atoms with Crippen LogP contribution >= 0.6 is 15.9 Å². The fourth-order valence-corrected chi connectivity index (χ4v) is 4.00. The lowest BCUT2D eigenvalue weighted by Crippen LogP contribution is -2.40. The zero-order chi connectivity index (χ0) is 16.4. The molecule has 0 aliphatic carbocycles. The molecule has 0 amide bonds. The highest BCUT2D eigenvalue weighted by molar-refractivity contribution is 9.10. The number of anilines is 1. The smallest absolute Gasteiger partial charge is 0.398 e. The van der Waals surface area contributed by atoms with E-state index in [0.29, 0.717) is 4.47 Å². The highest BCUT2D eigenvalue weighted by Gasteiger charge is 2.37. The second kappa shape index (κ2) is 6.51. The monoisotopic (exact) mass is 390 g/mol. The highest BCUT2D eigenvalue weighted by atomic mass is 79.9. The Morgan fingerprint density at radius 3 is 2.43 bits per heavy atom. The van der Waals surface area contributed by atoms with Crippen LogP contribution in [0.1, 0.15) is 5.56 Å². The fourth-order valence-electron chi connectivity index (χ4n) is 1.68. The molecule has 0 saturated carbocycles. The zero-order valence-corrected chi connectivity index (χ0v) is 13.4. The molecule has 0 radical (unpaired) electrons. The van der Waals surface area contributed by atoms with E-state index in [2.05, 4.69) is 15.9 Å². The molecule has 0 aliphatic heterocycles. The lowest BCUT2D eigenvalue weighted by atomic mass is 10.2. The molecule has 0 spiro atoms. The molecule has 0 atom stereocenters. The van der Waals surface area contributed by atoms with Gasteiger partial charge in [0.15, 0.2) is 0 Å². The Bertz CT molecular complexity index is 620. The third kappa shape index (κ3) is 4.56. The first kappa shape index (κ1) is 18.2. The Hall–Kier alpha value is -0.840. The minimum atomic E-state index is -4.71. The summed E-state index contributed by atoms with van der Waals surface area (Å²) in [5, 5.41) is 8.81. The Kier molecular flexibility index (Phi) is 5.64. The Morgan fingerprint density at radius 2 is 1.95 bits per heavy atom. The molecular weight excluding hydrogens is 377 g/mol. The quantitative estimate of drug-likeness (QED) is 0.751. The number of benzene rings is 1. The van der Waals surface area contributed by atoms with Gasteiger partial charge < -0.3 is 10.8 Å². The van der Waals surface area contributed by atoms with Crippen LogP contribution in [0.5, 0.6) is 0 Å². The van der Waals surface area contributed by atoms with E-state index >= 15 is 0 Å². The maximum absolute atomic E-state index is 12.5. The van der Waals surface area contributed by atoms with Crippen molar-refractivity contribution in [1.29, 1.82) is 0 Å². The van der Waals surface area contributed by atoms with E-state index in [4.69, 9.17) is 10.8 Å². The van der Waals surface area contributed by atoms with Crippen molar-refractivity contribution in [3.8, 4) is 0 Å². The summed E-state index contributed by atoms with van der Waals surface area (Å²) >= 11 is 3.05. The van der Waals surface area contributed by atoms with Gasteiger partial charge in [-0.15, -0.1) is 0 Å². The first-order valence-electron chi connectivity index (χ1n) is 5.72. The number of alkyl halides is 3. The summed E-state index contributed by atoms with van der Waals surface area (Å²) in [5.41, 5.74) is 5.93. The molecule has 0 saturated heterocycles. The summed E-state index contributed by atoms with van der Waals surface area (Å²) < 4.78 is 62.8. The van der Waals surface area contributed by atoms with E-state index in [1.54, 1.807) is 0 Å². The molecule has 5 nitrogen and oxygen atoms in total. The van der Waals surface area contributed by atoms with E-state index in [1.165, 1.54) is 19.1 Å².